The third-order valence-corrected chi connectivity index (χ3v) is 10.3. The second-order valence-electron chi connectivity index (χ2n) is 14.6. The summed E-state index contributed by atoms with van der Waals surface area (Å²) in [6.07, 6.45) is 1.77. The van der Waals surface area contributed by atoms with Crippen LogP contribution < -0.4 is 5.32 Å². The molecule has 3 rings (SSSR count). The van der Waals surface area contributed by atoms with Crippen molar-refractivity contribution in [2.24, 2.45) is 11.8 Å². The maximum atomic E-state index is 13.0. The van der Waals surface area contributed by atoms with Crippen LogP contribution in [-0.2, 0) is 27.5 Å². The first-order chi connectivity index (χ1) is 18.8. The van der Waals surface area contributed by atoms with Crippen molar-refractivity contribution in [3.05, 3.63) is 24.2 Å². The largest absolute Gasteiger partial charge is 0.459 e. The van der Waals surface area contributed by atoms with Gasteiger partial charge in [-0.3, -0.25) is 9.59 Å². The maximum Gasteiger partial charge on any atom is 0.287 e. The summed E-state index contributed by atoms with van der Waals surface area (Å²) in [7, 11) is -5.65. The Hall–Kier alpha value is -1.13. The number of carbonyl (C=O) groups excluding carboxylic acids is 2. The van der Waals surface area contributed by atoms with Gasteiger partial charge in [-0.15, -0.1) is 0 Å². The first-order valence-corrected chi connectivity index (χ1v) is 25.2. The van der Waals surface area contributed by atoms with Gasteiger partial charge in [-0.2, -0.15) is 0 Å². The zero-order valence-electron chi connectivity index (χ0n) is 26.9. The molecule has 9 nitrogen and oxygen atoms in total. The number of furan rings is 1. The molecule has 2 aliphatic heterocycles. The van der Waals surface area contributed by atoms with E-state index >= 15 is 0 Å². The van der Waals surface area contributed by atoms with E-state index in [0.717, 1.165) is 6.42 Å². The van der Waals surface area contributed by atoms with Gasteiger partial charge < -0.3 is 32.5 Å². The molecule has 1 aromatic rings. The van der Waals surface area contributed by atoms with Gasteiger partial charge >= 0.3 is 0 Å². The predicted octanol–water partition coefficient (Wildman–Crippen LogP) is 5.46. The lowest BCUT2D eigenvalue weighted by Gasteiger charge is -2.47. The lowest BCUT2D eigenvalue weighted by atomic mass is 9.85. The molecule has 0 bridgehead atoms. The molecule has 1 aromatic heterocycles. The first-order valence-electron chi connectivity index (χ1n) is 15.0. The van der Waals surface area contributed by atoms with E-state index in [9.17, 15) is 9.59 Å². The number of amides is 1. The lowest BCUT2D eigenvalue weighted by Crippen LogP contribution is -2.58. The molecule has 0 saturated carbocycles. The fourth-order valence-electron chi connectivity index (χ4n) is 5.43. The van der Waals surface area contributed by atoms with Crippen LogP contribution >= 0.6 is 0 Å². The van der Waals surface area contributed by atoms with Crippen molar-refractivity contribution in [2.45, 2.75) is 122 Å². The van der Waals surface area contributed by atoms with Gasteiger partial charge in [0.2, 0.25) is 0 Å². The Morgan fingerprint density at radius 2 is 1.59 bits per heavy atom. The predicted molar refractivity (Wildman–Crippen MR) is 167 cm³/mol. The van der Waals surface area contributed by atoms with Crippen LogP contribution in [0.1, 0.15) is 37.2 Å². The molecule has 2 saturated heterocycles. The van der Waals surface area contributed by atoms with E-state index in [1.165, 1.54) is 6.26 Å². The van der Waals surface area contributed by atoms with E-state index < -0.39 is 37.0 Å². The highest BCUT2D eigenvalue weighted by Crippen LogP contribution is 2.41. The summed E-state index contributed by atoms with van der Waals surface area (Å²) in [6.45, 7) is 24.4. The van der Waals surface area contributed by atoms with Crippen molar-refractivity contribution in [3.63, 3.8) is 0 Å². The molecule has 1 N–H and O–H groups in total. The number of rotatable bonds is 15. The number of carbonyl (C=O) groups is 2. The zero-order valence-corrected chi connectivity index (χ0v) is 29.9. The zero-order chi connectivity index (χ0) is 30.8. The highest BCUT2D eigenvalue weighted by Gasteiger charge is 2.51. The van der Waals surface area contributed by atoms with Crippen LogP contribution in [0.25, 0.3) is 0 Å². The van der Waals surface area contributed by atoms with Gasteiger partial charge in [0.25, 0.3) is 5.91 Å². The average molecular weight is 628 g/mol. The number of Topliss-reactive ketones (excluding diaryl/α,β-unsaturated/α-hetero) is 1. The molecular formula is C29H53NO8Si3. The summed E-state index contributed by atoms with van der Waals surface area (Å²) in [6, 6.07) is 3.20. The molecule has 12 heteroatoms. The Morgan fingerprint density at radius 1 is 0.951 bits per heavy atom. The Morgan fingerprint density at radius 3 is 2.15 bits per heavy atom. The van der Waals surface area contributed by atoms with Crippen LogP contribution in [0.4, 0.5) is 0 Å². The van der Waals surface area contributed by atoms with Crippen LogP contribution in [0.3, 0.4) is 0 Å². The number of hydrogen-bond donors (Lipinski definition) is 1. The molecule has 0 aliphatic carbocycles. The lowest BCUT2D eigenvalue weighted by molar-refractivity contribution is -0.159. The molecular weight excluding hydrogens is 575 g/mol. The highest BCUT2D eigenvalue weighted by molar-refractivity contribution is 6.70. The van der Waals surface area contributed by atoms with Crippen molar-refractivity contribution in [3.8, 4) is 0 Å². The number of ketones is 1. The maximum absolute atomic E-state index is 13.0. The van der Waals surface area contributed by atoms with E-state index in [-0.39, 0.29) is 60.9 Å². The van der Waals surface area contributed by atoms with Crippen molar-refractivity contribution >= 4 is 36.6 Å². The second-order valence-corrected chi connectivity index (χ2v) is 28.0. The molecule has 2 aliphatic rings. The number of nitrogens with one attached hydrogen (secondary N) is 1. The molecule has 1 amide bonds. The fourth-order valence-corrected chi connectivity index (χ4v) is 9.00. The molecule has 3 heterocycles. The van der Waals surface area contributed by atoms with Crippen LogP contribution in [0.2, 0.25) is 58.9 Å². The minimum absolute atomic E-state index is 0.0866. The summed E-state index contributed by atoms with van der Waals surface area (Å²) in [4.78, 5) is 25.3. The summed E-state index contributed by atoms with van der Waals surface area (Å²) in [5, 5.41) is 2.65. The van der Waals surface area contributed by atoms with Crippen molar-refractivity contribution in [1.29, 1.82) is 0 Å². The van der Waals surface area contributed by atoms with Gasteiger partial charge in [-0.05, 0) is 84.4 Å². The minimum atomic E-state index is -2.03. The Labute approximate surface area is 249 Å². The van der Waals surface area contributed by atoms with E-state index in [0.29, 0.717) is 12.5 Å². The molecule has 2 fully saturated rings. The molecule has 8 atom stereocenters. The van der Waals surface area contributed by atoms with Crippen molar-refractivity contribution in [2.75, 3.05) is 13.2 Å². The smallest absolute Gasteiger partial charge is 0.287 e. The van der Waals surface area contributed by atoms with Crippen LogP contribution in [0, 0.1) is 11.8 Å². The van der Waals surface area contributed by atoms with Gasteiger partial charge in [-0.25, -0.2) is 0 Å². The Balaban J connectivity index is 1.70. The number of epoxide rings is 1. The van der Waals surface area contributed by atoms with E-state index in [2.05, 4.69) is 78.1 Å². The van der Waals surface area contributed by atoms with E-state index in [1.807, 2.05) is 0 Å². The quantitative estimate of drug-likeness (QED) is 0.202. The molecule has 0 aromatic carbocycles. The van der Waals surface area contributed by atoms with Crippen molar-refractivity contribution in [1.82, 2.24) is 5.32 Å². The van der Waals surface area contributed by atoms with Gasteiger partial charge in [0.05, 0.1) is 49.9 Å². The van der Waals surface area contributed by atoms with Crippen LogP contribution in [-0.4, -0.2) is 86.4 Å². The third kappa shape index (κ3) is 11.1. The van der Waals surface area contributed by atoms with Crippen molar-refractivity contribution < 1.29 is 36.8 Å². The summed E-state index contributed by atoms with van der Waals surface area (Å²) < 4.78 is 37.6. The van der Waals surface area contributed by atoms with Gasteiger partial charge in [-0.1, -0.05) is 6.92 Å². The average Bonchev–Trinajstić information content (AvgIpc) is 3.34. The van der Waals surface area contributed by atoms with Gasteiger partial charge in [0.15, 0.2) is 36.5 Å². The Bertz CT molecular complexity index is 1000. The standard InChI is InChI=1S/C29H53NO8Si3/c1-19(20(2)36-39(3,4)5)26-25(35-26)15-21-18-34-24(16-22(31)17-30-29(32)23-13-12-14-33-23)28(38-41(9,10)11)27(21)37-40(6,7)8/h12-14,19-21,24-28H,15-18H2,1-11H3,(H,30,32)/t19-,20+,21+,24+,25+,26+,27-,28-/m1/s1. The molecule has 0 unspecified atom stereocenters. The summed E-state index contributed by atoms with van der Waals surface area (Å²) >= 11 is 0. The fraction of sp³-hybridized carbons (Fsp3) is 0.793. The van der Waals surface area contributed by atoms with Crippen LogP contribution in [0.15, 0.2) is 22.8 Å². The molecule has 0 spiro atoms. The normalized spacial score (nSPS) is 28.7. The molecule has 234 valence electrons. The SMILES string of the molecule is C[C@@H]([C@@H]1O[C@H]1C[C@H]1CO[C@@H](CC(=O)CNC(=O)c2ccco2)[C@@H](O[Si](C)(C)C)[C@@H]1O[Si](C)(C)C)[C@H](C)O[Si](C)(C)C. The van der Waals surface area contributed by atoms with Gasteiger partial charge in [0, 0.05) is 24.4 Å². The summed E-state index contributed by atoms with van der Waals surface area (Å²) in [5.74, 6) is 0.0158. The van der Waals surface area contributed by atoms with Crippen LogP contribution in [0.5, 0.6) is 0 Å². The Kier molecular flexibility index (Phi) is 11.5. The highest BCUT2D eigenvalue weighted by atomic mass is 28.4. The molecule has 0 radical (unpaired) electrons. The topological polar surface area (TPSA) is 109 Å². The third-order valence-electron chi connectivity index (χ3n) is 7.23. The van der Waals surface area contributed by atoms with E-state index in [1.54, 1.807) is 12.1 Å². The minimum Gasteiger partial charge on any atom is -0.459 e. The number of hydrogen-bond acceptors (Lipinski definition) is 8. The number of ether oxygens (including phenoxy) is 2. The van der Waals surface area contributed by atoms with Gasteiger partial charge in [0.1, 0.15) is 0 Å². The second kappa shape index (κ2) is 13.7. The first kappa shape index (κ1) is 34.4. The molecule has 41 heavy (non-hydrogen) atoms. The monoisotopic (exact) mass is 627 g/mol. The van der Waals surface area contributed by atoms with E-state index in [4.69, 9.17) is 27.2 Å². The summed E-state index contributed by atoms with van der Waals surface area (Å²) in [5.41, 5.74) is 0.